The van der Waals surface area contributed by atoms with Crippen molar-refractivity contribution >= 4 is 28.3 Å². The standard InChI is InChI=1S/C22H21FN6O3/c1-3-22(31,32)18-4-11(2)15(9-24-18)13-5-12-8-25-19(28-21(30)14-6-16(14)23)7-17(12)29-20(13)26-10-27-29/h4-5,7-10,14,16,31-32H,3,6H2,1-2H3,(H,25,28,30). The van der Waals surface area contributed by atoms with E-state index < -0.39 is 17.9 Å². The molecule has 4 aromatic heterocycles. The van der Waals surface area contributed by atoms with Gasteiger partial charge in [-0.1, -0.05) is 6.92 Å². The van der Waals surface area contributed by atoms with Gasteiger partial charge in [0.25, 0.3) is 0 Å². The highest BCUT2D eigenvalue weighted by molar-refractivity contribution is 5.97. The molecule has 0 saturated heterocycles. The average molecular weight is 436 g/mol. The maximum atomic E-state index is 13.2. The molecule has 10 heteroatoms. The van der Waals surface area contributed by atoms with Gasteiger partial charge in [0.05, 0.1) is 17.1 Å². The van der Waals surface area contributed by atoms with Crippen LogP contribution in [-0.2, 0) is 10.6 Å². The summed E-state index contributed by atoms with van der Waals surface area (Å²) < 4.78 is 14.8. The van der Waals surface area contributed by atoms with Crippen LogP contribution in [0.1, 0.15) is 31.0 Å². The molecule has 4 heterocycles. The molecule has 4 aromatic rings. The number of fused-ring (bicyclic) bond motifs is 3. The number of amides is 1. The summed E-state index contributed by atoms with van der Waals surface area (Å²) in [6, 6.07) is 5.21. The third-order valence-corrected chi connectivity index (χ3v) is 5.83. The number of hydrogen-bond donors (Lipinski definition) is 3. The number of rotatable bonds is 5. The highest BCUT2D eigenvalue weighted by Gasteiger charge is 2.43. The smallest absolute Gasteiger partial charge is 0.231 e. The third kappa shape index (κ3) is 3.37. The van der Waals surface area contributed by atoms with Crippen LogP contribution in [0.3, 0.4) is 0 Å². The highest BCUT2D eigenvalue weighted by Crippen LogP contribution is 2.35. The van der Waals surface area contributed by atoms with Crippen molar-refractivity contribution in [3.63, 3.8) is 0 Å². The number of carbonyl (C=O) groups is 1. The summed E-state index contributed by atoms with van der Waals surface area (Å²) in [5, 5.41) is 27.9. The molecule has 2 atom stereocenters. The zero-order chi connectivity index (χ0) is 22.6. The summed E-state index contributed by atoms with van der Waals surface area (Å²) in [6.07, 6.45) is 3.89. The number of alkyl halides is 1. The van der Waals surface area contributed by atoms with Gasteiger partial charge in [0.1, 0.15) is 18.3 Å². The van der Waals surface area contributed by atoms with Crippen LogP contribution < -0.4 is 5.32 Å². The SMILES string of the molecule is CCC(O)(O)c1cc(C)c(-c2cc3cnc(NC(=O)C4CC4F)cc3n3ncnc23)cn1. The van der Waals surface area contributed by atoms with Gasteiger partial charge >= 0.3 is 0 Å². The first kappa shape index (κ1) is 20.4. The first-order valence-electron chi connectivity index (χ1n) is 10.3. The van der Waals surface area contributed by atoms with E-state index in [2.05, 4.69) is 25.4 Å². The van der Waals surface area contributed by atoms with Crippen molar-refractivity contribution in [2.24, 2.45) is 5.92 Å². The minimum Gasteiger partial charge on any atom is -0.361 e. The van der Waals surface area contributed by atoms with Crippen molar-refractivity contribution in [2.45, 2.75) is 38.6 Å². The van der Waals surface area contributed by atoms with Crippen LogP contribution in [0.15, 0.2) is 36.9 Å². The molecule has 9 nitrogen and oxygen atoms in total. The molecule has 0 aromatic carbocycles. The van der Waals surface area contributed by atoms with E-state index >= 15 is 0 Å². The molecule has 0 spiro atoms. The number of nitrogens with zero attached hydrogens (tertiary/aromatic N) is 5. The molecule has 1 saturated carbocycles. The molecule has 32 heavy (non-hydrogen) atoms. The Morgan fingerprint density at radius 2 is 2.00 bits per heavy atom. The molecule has 1 amide bonds. The first-order valence-corrected chi connectivity index (χ1v) is 10.3. The van der Waals surface area contributed by atoms with Gasteiger partial charge in [-0.15, -0.1) is 0 Å². The molecule has 0 radical (unpaired) electrons. The fourth-order valence-corrected chi connectivity index (χ4v) is 3.73. The number of carbonyl (C=O) groups excluding carboxylic acids is 1. The number of pyridine rings is 3. The summed E-state index contributed by atoms with van der Waals surface area (Å²) in [5.41, 5.74) is 3.73. The third-order valence-electron chi connectivity index (χ3n) is 5.83. The van der Waals surface area contributed by atoms with Crippen LogP contribution in [0.25, 0.3) is 27.7 Å². The fraction of sp³-hybridized carbons (Fsp3) is 0.318. The Bertz CT molecular complexity index is 1370. The molecular weight excluding hydrogens is 415 g/mol. The van der Waals surface area contributed by atoms with Crippen molar-refractivity contribution in [3.05, 3.63) is 48.2 Å². The van der Waals surface area contributed by atoms with Gasteiger partial charge < -0.3 is 15.5 Å². The molecule has 164 valence electrons. The predicted molar refractivity (Wildman–Crippen MR) is 114 cm³/mol. The average Bonchev–Trinajstić information content (AvgIpc) is 3.30. The van der Waals surface area contributed by atoms with Crippen molar-refractivity contribution in [1.29, 1.82) is 0 Å². The van der Waals surface area contributed by atoms with Crippen LogP contribution in [0.5, 0.6) is 0 Å². The zero-order valence-corrected chi connectivity index (χ0v) is 17.4. The topological polar surface area (TPSA) is 126 Å². The predicted octanol–water partition coefficient (Wildman–Crippen LogP) is 2.49. The van der Waals surface area contributed by atoms with Crippen LogP contribution >= 0.6 is 0 Å². The number of nitrogens with one attached hydrogen (secondary N) is 1. The quantitative estimate of drug-likeness (QED) is 0.410. The molecule has 1 aliphatic carbocycles. The Labute approximate surface area is 182 Å². The lowest BCUT2D eigenvalue weighted by atomic mass is 9.99. The molecule has 1 fully saturated rings. The van der Waals surface area contributed by atoms with Gasteiger partial charge in [0, 0.05) is 41.4 Å². The number of hydrogen-bond acceptors (Lipinski definition) is 7. The van der Waals surface area contributed by atoms with E-state index in [1.54, 1.807) is 36.0 Å². The van der Waals surface area contributed by atoms with Crippen LogP contribution in [0.4, 0.5) is 10.2 Å². The minimum atomic E-state index is -2.00. The maximum Gasteiger partial charge on any atom is 0.231 e. The monoisotopic (exact) mass is 436 g/mol. The second-order valence-corrected chi connectivity index (χ2v) is 8.08. The lowest BCUT2D eigenvalue weighted by Crippen LogP contribution is -2.25. The Morgan fingerprint density at radius 1 is 1.22 bits per heavy atom. The van der Waals surface area contributed by atoms with E-state index in [0.29, 0.717) is 17.0 Å². The minimum absolute atomic E-state index is 0.112. The highest BCUT2D eigenvalue weighted by atomic mass is 19.1. The Hall–Kier alpha value is -3.50. The van der Waals surface area contributed by atoms with Gasteiger partial charge in [-0.25, -0.2) is 18.9 Å². The lowest BCUT2D eigenvalue weighted by molar-refractivity contribution is -0.174. The Balaban J connectivity index is 1.58. The van der Waals surface area contributed by atoms with E-state index in [9.17, 15) is 19.4 Å². The van der Waals surface area contributed by atoms with E-state index in [0.717, 1.165) is 22.1 Å². The molecule has 1 aliphatic rings. The van der Waals surface area contributed by atoms with E-state index in [1.165, 1.54) is 6.33 Å². The first-order chi connectivity index (χ1) is 15.3. The second kappa shape index (κ2) is 7.28. The number of anilines is 1. The number of aromatic nitrogens is 5. The number of aryl methyl sites for hydroxylation is 1. The summed E-state index contributed by atoms with van der Waals surface area (Å²) >= 11 is 0. The van der Waals surface area contributed by atoms with Gasteiger partial charge in [-0.3, -0.25) is 9.78 Å². The summed E-state index contributed by atoms with van der Waals surface area (Å²) in [4.78, 5) is 25.0. The van der Waals surface area contributed by atoms with Crippen LogP contribution in [0, 0.1) is 12.8 Å². The van der Waals surface area contributed by atoms with E-state index in [-0.39, 0.29) is 24.4 Å². The van der Waals surface area contributed by atoms with Gasteiger partial charge in [-0.2, -0.15) is 5.10 Å². The molecule has 0 aliphatic heterocycles. The van der Waals surface area contributed by atoms with Crippen LogP contribution in [0.2, 0.25) is 0 Å². The molecule has 0 bridgehead atoms. The van der Waals surface area contributed by atoms with Crippen molar-refractivity contribution < 1.29 is 19.4 Å². The summed E-state index contributed by atoms with van der Waals surface area (Å²) in [5.74, 6) is -2.67. The summed E-state index contributed by atoms with van der Waals surface area (Å²) in [7, 11) is 0. The summed E-state index contributed by atoms with van der Waals surface area (Å²) in [6.45, 7) is 3.52. The van der Waals surface area contributed by atoms with Crippen molar-refractivity contribution in [1.82, 2.24) is 24.6 Å². The fourth-order valence-electron chi connectivity index (χ4n) is 3.73. The molecule has 3 N–H and O–H groups in total. The largest absolute Gasteiger partial charge is 0.361 e. The van der Waals surface area contributed by atoms with Gasteiger partial charge in [-0.05, 0) is 31.0 Å². The van der Waals surface area contributed by atoms with Crippen molar-refractivity contribution in [2.75, 3.05) is 5.32 Å². The Kier molecular flexibility index (Phi) is 4.64. The normalized spacial score (nSPS) is 18.3. The van der Waals surface area contributed by atoms with Crippen LogP contribution in [-0.4, -0.2) is 46.9 Å². The molecule has 2 unspecified atom stereocenters. The van der Waals surface area contributed by atoms with Gasteiger partial charge in [0.2, 0.25) is 11.7 Å². The second-order valence-electron chi connectivity index (χ2n) is 8.08. The molecule has 5 rings (SSSR count). The van der Waals surface area contributed by atoms with E-state index in [1.807, 2.05) is 13.0 Å². The zero-order valence-electron chi connectivity index (χ0n) is 17.4. The lowest BCUT2D eigenvalue weighted by Gasteiger charge is -2.20. The maximum absolute atomic E-state index is 13.2. The van der Waals surface area contributed by atoms with E-state index in [4.69, 9.17) is 0 Å². The Morgan fingerprint density at radius 3 is 2.69 bits per heavy atom. The number of halogens is 1. The van der Waals surface area contributed by atoms with Gasteiger partial charge in [0.15, 0.2) is 5.65 Å². The molecular formula is C22H21FN6O3. The number of aliphatic hydroxyl groups is 2. The van der Waals surface area contributed by atoms with Crippen molar-refractivity contribution in [3.8, 4) is 11.1 Å².